The minimum atomic E-state index is -0.264. The third-order valence-corrected chi connectivity index (χ3v) is 3.61. The van der Waals surface area contributed by atoms with Crippen LogP contribution in [0.25, 0.3) is 0 Å². The molecule has 1 aliphatic heterocycles. The van der Waals surface area contributed by atoms with Crippen LogP contribution in [0.15, 0.2) is 6.20 Å². The summed E-state index contributed by atoms with van der Waals surface area (Å²) in [6, 6.07) is 0. The van der Waals surface area contributed by atoms with E-state index in [0.29, 0.717) is 31.0 Å². The number of likely N-dealkylation sites (tertiary alicyclic amines) is 1. The number of nitrogen functional groups attached to an aromatic ring is 1. The molecule has 0 aliphatic carbocycles. The van der Waals surface area contributed by atoms with Gasteiger partial charge in [-0.25, -0.2) is 0 Å². The van der Waals surface area contributed by atoms with E-state index in [9.17, 15) is 9.59 Å². The highest BCUT2D eigenvalue weighted by atomic mass is 16.5. The van der Waals surface area contributed by atoms with Gasteiger partial charge in [-0.2, -0.15) is 5.10 Å². The number of hydrogen-bond donors (Lipinski definition) is 1. The molecule has 0 aromatic carbocycles. The van der Waals surface area contributed by atoms with Crippen LogP contribution >= 0.6 is 0 Å². The Bertz CT molecular complexity index is 512. The Morgan fingerprint density at radius 2 is 2.30 bits per heavy atom. The summed E-state index contributed by atoms with van der Waals surface area (Å²) < 4.78 is 6.34. The first-order valence-electron chi connectivity index (χ1n) is 6.76. The highest BCUT2D eigenvalue weighted by molar-refractivity contribution is 5.97. The summed E-state index contributed by atoms with van der Waals surface area (Å²) >= 11 is 0. The normalized spacial score (nSPS) is 18.9. The van der Waals surface area contributed by atoms with E-state index in [-0.39, 0.29) is 17.8 Å². The number of carbonyl (C=O) groups is 2. The van der Waals surface area contributed by atoms with Gasteiger partial charge in [0.2, 0.25) is 0 Å². The maximum atomic E-state index is 12.6. The number of methoxy groups -OCH3 is 1. The van der Waals surface area contributed by atoms with Gasteiger partial charge in [0, 0.05) is 19.6 Å². The molecule has 2 heterocycles. The molecular formula is C13H20N4O3. The lowest BCUT2D eigenvalue weighted by Crippen LogP contribution is -2.43. The van der Waals surface area contributed by atoms with Gasteiger partial charge < -0.3 is 15.4 Å². The molecule has 1 amide bonds. The molecule has 0 radical (unpaired) electrons. The van der Waals surface area contributed by atoms with Crippen LogP contribution < -0.4 is 5.73 Å². The zero-order valence-corrected chi connectivity index (χ0v) is 11.8. The second-order valence-corrected chi connectivity index (χ2v) is 4.88. The van der Waals surface area contributed by atoms with E-state index in [0.717, 1.165) is 12.8 Å². The maximum absolute atomic E-state index is 12.6. The third-order valence-electron chi connectivity index (χ3n) is 3.61. The molecule has 1 atom stereocenters. The van der Waals surface area contributed by atoms with Crippen molar-refractivity contribution < 1.29 is 14.3 Å². The van der Waals surface area contributed by atoms with Gasteiger partial charge in [0.05, 0.1) is 24.9 Å². The van der Waals surface area contributed by atoms with Crippen molar-refractivity contribution in [2.45, 2.75) is 26.3 Å². The molecule has 0 saturated carbocycles. The van der Waals surface area contributed by atoms with Crippen LogP contribution in [-0.2, 0) is 16.1 Å². The minimum Gasteiger partial charge on any atom is -0.469 e. The topological polar surface area (TPSA) is 90.5 Å². The first-order chi connectivity index (χ1) is 9.58. The first kappa shape index (κ1) is 14.4. The average molecular weight is 280 g/mol. The second-order valence-electron chi connectivity index (χ2n) is 4.88. The van der Waals surface area contributed by atoms with E-state index in [1.807, 2.05) is 6.92 Å². The molecule has 110 valence electrons. The molecule has 1 aliphatic rings. The number of aryl methyl sites for hydroxylation is 1. The van der Waals surface area contributed by atoms with E-state index in [4.69, 9.17) is 10.5 Å². The molecular weight excluding hydrogens is 260 g/mol. The van der Waals surface area contributed by atoms with Gasteiger partial charge in [0.1, 0.15) is 5.69 Å². The first-order valence-corrected chi connectivity index (χ1v) is 6.76. The fourth-order valence-electron chi connectivity index (χ4n) is 2.54. The number of hydrogen-bond acceptors (Lipinski definition) is 5. The number of rotatable bonds is 3. The van der Waals surface area contributed by atoms with Gasteiger partial charge >= 0.3 is 5.97 Å². The number of piperidine rings is 1. The minimum absolute atomic E-state index is 0.171. The van der Waals surface area contributed by atoms with Crippen molar-refractivity contribution in [2.75, 3.05) is 25.9 Å². The van der Waals surface area contributed by atoms with Gasteiger partial charge in [0.15, 0.2) is 0 Å². The monoisotopic (exact) mass is 280 g/mol. The molecule has 1 unspecified atom stereocenters. The van der Waals surface area contributed by atoms with Crippen molar-refractivity contribution in [1.29, 1.82) is 0 Å². The highest BCUT2D eigenvalue weighted by Gasteiger charge is 2.31. The number of nitrogens with zero attached hydrogens (tertiary/aromatic N) is 3. The summed E-state index contributed by atoms with van der Waals surface area (Å²) in [6.45, 7) is 3.48. The summed E-state index contributed by atoms with van der Waals surface area (Å²) in [5.41, 5.74) is 6.60. The van der Waals surface area contributed by atoms with Crippen LogP contribution in [0.3, 0.4) is 0 Å². The van der Waals surface area contributed by atoms with E-state index < -0.39 is 0 Å². The average Bonchev–Trinajstić information content (AvgIpc) is 2.86. The van der Waals surface area contributed by atoms with Crippen LogP contribution in [0.4, 0.5) is 5.69 Å². The second kappa shape index (κ2) is 5.94. The molecule has 1 saturated heterocycles. The van der Waals surface area contributed by atoms with E-state index in [1.54, 1.807) is 9.58 Å². The number of carbonyl (C=O) groups excluding carboxylic acids is 2. The Morgan fingerprint density at radius 1 is 1.55 bits per heavy atom. The van der Waals surface area contributed by atoms with Gasteiger partial charge in [0.25, 0.3) is 5.91 Å². The molecule has 2 rings (SSSR count). The predicted molar refractivity (Wildman–Crippen MR) is 73.0 cm³/mol. The Kier molecular flexibility index (Phi) is 4.26. The number of ether oxygens (including phenoxy) is 1. The summed E-state index contributed by atoms with van der Waals surface area (Å²) in [6.07, 6.45) is 3.02. The molecule has 2 N–H and O–H groups in total. The number of anilines is 1. The lowest BCUT2D eigenvalue weighted by Gasteiger charge is -2.31. The van der Waals surface area contributed by atoms with Gasteiger partial charge in [-0.1, -0.05) is 0 Å². The van der Waals surface area contributed by atoms with Crippen LogP contribution in [0, 0.1) is 5.92 Å². The molecule has 0 bridgehead atoms. The Labute approximate surface area is 117 Å². The number of nitrogens with two attached hydrogens (primary N) is 1. The van der Waals surface area contributed by atoms with E-state index in [1.165, 1.54) is 13.3 Å². The number of aromatic nitrogens is 2. The Hall–Kier alpha value is -2.05. The van der Waals surface area contributed by atoms with Crippen LogP contribution in [0.2, 0.25) is 0 Å². The molecule has 7 heteroatoms. The highest BCUT2D eigenvalue weighted by Crippen LogP contribution is 2.21. The third kappa shape index (κ3) is 2.61. The fourth-order valence-corrected chi connectivity index (χ4v) is 2.54. The lowest BCUT2D eigenvalue weighted by molar-refractivity contribution is -0.146. The van der Waals surface area contributed by atoms with E-state index >= 15 is 0 Å². The van der Waals surface area contributed by atoms with Crippen LogP contribution in [-0.4, -0.2) is 46.8 Å². The molecule has 0 spiro atoms. The number of esters is 1. The molecule has 1 aromatic heterocycles. The fraction of sp³-hybridized carbons (Fsp3) is 0.615. The molecule has 7 nitrogen and oxygen atoms in total. The lowest BCUT2D eigenvalue weighted by atomic mass is 9.98. The molecule has 1 aromatic rings. The molecule has 20 heavy (non-hydrogen) atoms. The standard InChI is InChI=1S/C13H20N4O3/c1-3-17-11(10(14)7-15-17)12(18)16-6-4-5-9(8-16)13(19)20-2/h7,9H,3-6,8,14H2,1-2H3. The predicted octanol–water partition coefficient (Wildman–Crippen LogP) is 0.510. The zero-order valence-electron chi connectivity index (χ0n) is 11.8. The Morgan fingerprint density at radius 3 is 2.95 bits per heavy atom. The van der Waals surface area contributed by atoms with Gasteiger partial charge in [-0.15, -0.1) is 0 Å². The van der Waals surface area contributed by atoms with E-state index in [2.05, 4.69) is 5.10 Å². The van der Waals surface area contributed by atoms with Crippen LogP contribution in [0.5, 0.6) is 0 Å². The summed E-state index contributed by atoms with van der Waals surface area (Å²) in [7, 11) is 1.37. The van der Waals surface area contributed by atoms with Gasteiger partial charge in [-0.05, 0) is 19.8 Å². The SMILES string of the molecule is CCn1ncc(N)c1C(=O)N1CCCC(C(=O)OC)C1. The summed E-state index contributed by atoms with van der Waals surface area (Å²) in [4.78, 5) is 25.8. The van der Waals surface area contributed by atoms with Crippen molar-refractivity contribution in [2.24, 2.45) is 5.92 Å². The van der Waals surface area contributed by atoms with Crippen molar-refractivity contribution in [3.8, 4) is 0 Å². The van der Waals surface area contributed by atoms with Crippen molar-refractivity contribution in [1.82, 2.24) is 14.7 Å². The molecule has 1 fully saturated rings. The summed E-state index contributed by atoms with van der Waals surface area (Å²) in [5, 5.41) is 4.07. The van der Waals surface area contributed by atoms with Crippen LogP contribution in [0.1, 0.15) is 30.3 Å². The Balaban J connectivity index is 2.16. The quantitative estimate of drug-likeness (QED) is 0.815. The maximum Gasteiger partial charge on any atom is 0.310 e. The van der Waals surface area contributed by atoms with Gasteiger partial charge in [-0.3, -0.25) is 14.3 Å². The smallest absolute Gasteiger partial charge is 0.310 e. The van der Waals surface area contributed by atoms with Crippen molar-refractivity contribution >= 4 is 17.6 Å². The zero-order chi connectivity index (χ0) is 14.7. The summed E-state index contributed by atoms with van der Waals surface area (Å²) in [5.74, 6) is -0.688. The largest absolute Gasteiger partial charge is 0.469 e. The van der Waals surface area contributed by atoms with Crippen molar-refractivity contribution in [3.63, 3.8) is 0 Å². The van der Waals surface area contributed by atoms with Crippen molar-refractivity contribution in [3.05, 3.63) is 11.9 Å². The number of amides is 1.